The molecule has 0 aromatic carbocycles. The largest absolute Gasteiger partial charge is 0.472 e. The first-order chi connectivity index (χ1) is 7.72. The van der Waals surface area contributed by atoms with Crippen molar-refractivity contribution in [2.24, 2.45) is 5.92 Å². The van der Waals surface area contributed by atoms with E-state index in [1.807, 2.05) is 12.1 Å². The predicted molar refractivity (Wildman–Crippen MR) is 64.3 cm³/mol. The molecule has 0 aliphatic rings. The highest BCUT2D eigenvalue weighted by Gasteiger charge is 1.98. The molecule has 1 rings (SSSR count). The van der Waals surface area contributed by atoms with Crippen LogP contribution in [-0.4, -0.2) is 23.3 Å². The first-order valence-corrected chi connectivity index (χ1v) is 5.49. The lowest BCUT2D eigenvalue weighted by Gasteiger charge is -2.06. The maximum atomic E-state index is 5.24. The minimum atomic E-state index is 0.458. The monoisotopic (exact) mass is 221 g/mol. The van der Waals surface area contributed by atoms with E-state index in [1.54, 1.807) is 6.08 Å². The first kappa shape index (κ1) is 12.6. The molecule has 4 heteroatoms. The minimum absolute atomic E-state index is 0.458. The Hall–Kier alpha value is -1.42. The molecule has 0 saturated carbocycles. The molecule has 1 N–H and O–H groups in total. The maximum Gasteiger partial charge on any atom is 0.233 e. The lowest BCUT2D eigenvalue weighted by molar-refractivity contribution is 0.343. The van der Waals surface area contributed by atoms with E-state index in [2.05, 4.69) is 35.9 Å². The third kappa shape index (κ3) is 4.89. The van der Waals surface area contributed by atoms with Gasteiger partial charge < -0.3 is 10.1 Å². The molecule has 0 fully saturated rings. The van der Waals surface area contributed by atoms with Gasteiger partial charge in [-0.3, -0.25) is 0 Å². The Kier molecular flexibility index (Phi) is 5.50. The van der Waals surface area contributed by atoms with Gasteiger partial charge in [0.25, 0.3) is 0 Å². The van der Waals surface area contributed by atoms with E-state index in [0.717, 1.165) is 18.8 Å². The third-order valence-corrected chi connectivity index (χ3v) is 1.90. The number of rotatable bonds is 7. The van der Waals surface area contributed by atoms with Crippen LogP contribution in [0.15, 0.2) is 24.8 Å². The summed E-state index contributed by atoms with van der Waals surface area (Å²) < 4.78 is 5.24. The SMILES string of the molecule is C=CCOc1ccc(CNCC(C)C)nn1. The molecule has 0 radical (unpaired) electrons. The Morgan fingerprint density at radius 3 is 2.81 bits per heavy atom. The van der Waals surface area contributed by atoms with Crippen LogP contribution in [0.1, 0.15) is 19.5 Å². The Labute approximate surface area is 96.7 Å². The van der Waals surface area contributed by atoms with E-state index in [9.17, 15) is 0 Å². The number of nitrogens with one attached hydrogen (secondary N) is 1. The van der Waals surface area contributed by atoms with Gasteiger partial charge in [0.05, 0.1) is 5.69 Å². The summed E-state index contributed by atoms with van der Waals surface area (Å²) in [5, 5.41) is 11.3. The number of aromatic nitrogens is 2. The number of hydrogen-bond donors (Lipinski definition) is 1. The summed E-state index contributed by atoms with van der Waals surface area (Å²) >= 11 is 0. The van der Waals surface area contributed by atoms with Gasteiger partial charge in [-0.15, -0.1) is 5.10 Å². The molecule has 1 heterocycles. The van der Waals surface area contributed by atoms with Crippen molar-refractivity contribution < 1.29 is 4.74 Å². The highest BCUT2D eigenvalue weighted by molar-refractivity contribution is 5.11. The molecule has 88 valence electrons. The molecule has 0 saturated heterocycles. The molecular weight excluding hydrogens is 202 g/mol. The van der Waals surface area contributed by atoms with E-state index in [-0.39, 0.29) is 0 Å². The summed E-state index contributed by atoms with van der Waals surface area (Å²) in [7, 11) is 0. The average Bonchev–Trinajstić information content (AvgIpc) is 2.27. The van der Waals surface area contributed by atoms with Crippen LogP contribution in [0.2, 0.25) is 0 Å². The zero-order chi connectivity index (χ0) is 11.8. The Bertz CT molecular complexity index is 309. The van der Waals surface area contributed by atoms with E-state index < -0.39 is 0 Å². The summed E-state index contributed by atoms with van der Waals surface area (Å²) in [6.07, 6.45) is 1.68. The topological polar surface area (TPSA) is 47.0 Å². The van der Waals surface area contributed by atoms with Crippen LogP contribution >= 0.6 is 0 Å². The van der Waals surface area contributed by atoms with Gasteiger partial charge >= 0.3 is 0 Å². The summed E-state index contributed by atoms with van der Waals surface area (Å²) in [4.78, 5) is 0. The Morgan fingerprint density at radius 2 is 2.25 bits per heavy atom. The number of ether oxygens (including phenoxy) is 1. The number of hydrogen-bond acceptors (Lipinski definition) is 4. The molecule has 0 unspecified atom stereocenters. The second kappa shape index (κ2) is 6.95. The van der Waals surface area contributed by atoms with Gasteiger partial charge in [0.2, 0.25) is 5.88 Å². The molecular formula is C12H19N3O. The summed E-state index contributed by atoms with van der Waals surface area (Å²) in [5.74, 6) is 1.18. The van der Waals surface area contributed by atoms with Gasteiger partial charge in [-0.2, -0.15) is 5.10 Å². The molecule has 0 spiro atoms. The Morgan fingerprint density at radius 1 is 1.44 bits per heavy atom. The molecule has 0 aliphatic heterocycles. The minimum Gasteiger partial charge on any atom is -0.472 e. The molecule has 1 aromatic heterocycles. The van der Waals surface area contributed by atoms with Crippen LogP contribution in [0.5, 0.6) is 5.88 Å². The summed E-state index contributed by atoms with van der Waals surface area (Å²) in [6.45, 7) is 10.1. The van der Waals surface area contributed by atoms with E-state index in [0.29, 0.717) is 18.4 Å². The van der Waals surface area contributed by atoms with Crippen molar-refractivity contribution in [1.82, 2.24) is 15.5 Å². The summed E-state index contributed by atoms with van der Waals surface area (Å²) in [5.41, 5.74) is 0.923. The van der Waals surface area contributed by atoms with Gasteiger partial charge in [0, 0.05) is 12.6 Å². The Balaban J connectivity index is 2.35. The van der Waals surface area contributed by atoms with Crippen molar-refractivity contribution in [1.29, 1.82) is 0 Å². The smallest absolute Gasteiger partial charge is 0.233 e. The fourth-order valence-electron chi connectivity index (χ4n) is 1.15. The van der Waals surface area contributed by atoms with E-state index >= 15 is 0 Å². The van der Waals surface area contributed by atoms with Gasteiger partial charge in [0.15, 0.2) is 0 Å². The van der Waals surface area contributed by atoms with Crippen LogP contribution in [-0.2, 0) is 6.54 Å². The highest BCUT2D eigenvalue weighted by Crippen LogP contribution is 2.04. The molecule has 0 amide bonds. The van der Waals surface area contributed by atoms with Crippen LogP contribution < -0.4 is 10.1 Å². The fourth-order valence-corrected chi connectivity index (χ4v) is 1.15. The van der Waals surface area contributed by atoms with Crippen LogP contribution in [0, 0.1) is 5.92 Å². The maximum absolute atomic E-state index is 5.24. The third-order valence-electron chi connectivity index (χ3n) is 1.90. The molecule has 0 aliphatic carbocycles. The second-order valence-corrected chi connectivity index (χ2v) is 3.99. The predicted octanol–water partition coefficient (Wildman–Crippen LogP) is 1.79. The van der Waals surface area contributed by atoms with Gasteiger partial charge in [-0.05, 0) is 18.5 Å². The van der Waals surface area contributed by atoms with E-state index in [1.165, 1.54) is 0 Å². The van der Waals surface area contributed by atoms with Gasteiger partial charge in [0.1, 0.15) is 6.61 Å². The summed E-state index contributed by atoms with van der Waals surface area (Å²) in [6, 6.07) is 3.74. The quantitative estimate of drug-likeness (QED) is 0.713. The standard InChI is InChI=1S/C12H19N3O/c1-4-7-16-12-6-5-11(14-15-12)9-13-8-10(2)3/h4-6,10,13H,1,7-9H2,2-3H3. The normalized spacial score (nSPS) is 10.4. The van der Waals surface area contributed by atoms with E-state index in [4.69, 9.17) is 4.74 Å². The molecule has 0 atom stereocenters. The molecule has 4 nitrogen and oxygen atoms in total. The van der Waals surface area contributed by atoms with Crippen LogP contribution in [0.3, 0.4) is 0 Å². The zero-order valence-corrected chi connectivity index (χ0v) is 9.94. The molecule has 16 heavy (non-hydrogen) atoms. The first-order valence-electron chi connectivity index (χ1n) is 5.49. The van der Waals surface area contributed by atoms with Crippen molar-refractivity contribution in [3.63, 3.8) is 0 Å². The lowest BCUT2D eigenvalue weighted by Crippen LogP contribution is -2.19. The van der Waals surface area contributed by atoms with Gasteiger partial charge in [-0.1, -0.05) is 26.5 Å². The molecule has 0 bridgehead atoms. The van der Waals surface area contributed by atoms with Crippen molar-refractivity contribution in [3.8, 4) is 5.88 Å². The lowest BCUT2D eigenvalue weighted by atomic mass is 10.2. The zero-order valence-electron chi connectivity index (χ0n) is 9.94. The second-order valence-electron chi connectivity index (χ2n) is 3.99. The average molecular weight is 221 g/mol. The van der Waals surface area contributed by atoms with Crippen LogP contribution in [0.4, 0.5) is 0 Å². The highest BCUT2D eigenvalue weighted by atomic mass is 16.5. The number of nitrogens with zero attached hydrogens (tertiary/aromatic N) is 2. The van der Waals surface area contributed by atoms with Crippen molar-refractivity contribution in [2.75, 3.05) is 13.2 Å². The molecule has 1 aromatic rings. The van der Waals surface area contributed by atoms with Crippen molar-refractivity contribution in [3.05, 3.63) is 30.5 Å². The van der Waals surface area contributed by atoms with Gasteiger partial charge in [-0.25, -0.2) is 0 Å². The van der Waals surface area contributed by atoms with Crippen molar-refractivity contribution >= 4 is 0 Å². The fraction of sp³-hybridized carbons (Fsp3) is 0.500. The van der Waals surface area contributed by atoms with Crippen molar-refractivity contribution in [2.45, 2.75) is 20.4 Å². The van der Waals surface area contributed by atoms with Crippen LogP contribution in [0.25, 0.3) is 0 Å².